The molecule has 0 aromatic heterocycles. The maximum atomic E-state index is 11.0. The van der Waals surface area contributed by atoms with Crippen molar-refractivity contribution < 1.29 is 19.0 Å². The van der Waals surface area contributed by atoms with Crippen LogP contribution in [-0.4, -0.2) is 25.7 Å². The van der Waals surface area contributed by atoms with Gasteiger partial charge in [0, 0.05) is 6.42 Å². The van der Waals surface area contributed by atoms with E-state index in [4.69, 9.17) is 14.2 Å². The van der Waals surface area contributed by atoms with E-state index >= 15 is 0 Å². The first-order valence-corrected chi connectivity index (χ1v) is 4.25. The lowest BCUT2D eigenvalue weighted by atomic mass is 10.3. The number of carbonyl (C=O) groups excluding carboxylic acids is 1. The number of unbranched alkanes of at least 4 members (excludes halogenated alkanes) is 1. The third-order valence-electron chi connectivity index (χ3n) is 1.55. The van der Waals surface area contributed by atoms with Gasteiger partial charge < -0.3 is 14.2 Å². The minimum Gasteiger partial charge on any atom is -0.410 e. The summed E-state index contributed by atoms with van der Waals surface area (Å²) in [6.45, 7) is 2.28. The molecule has 0 saturated carbocycles. The molecule has 0 bridgehead atoms. The molecule has 0 aromatic carbocycles. The lowest BCUT2D eigenvalue weighted by Gasteiger charge is -2.09. The van der Waals surface area contributed by atoms with E-state index in [9.17, 15) is 4.79 Å². The predicted molar refractivity (Wildman–Crippen MR) is 41.3 cm³/mol. The summed E-state index contributed by atoms with van der Waals surface area (Å²) in [7, 11) is 0. The number of hydrogen-bond donors (Lipinski definition) is 0. The number of carbonyl (C=O) groups is 1. The molecule has 4 heteroatoms. The van der Waals surface area contributed by atoms with E-state index in [-0.39, 0.29) is 5.97 Å². The monoisotopic (exact) mass is 174 g/mol. The fourth-order valence-electron chi connectivity index (χ4n) is 0.892. The Morgan fingerprint density at radius 2 is 2.17 bits per heavy atom. The highest BCUT2D eigenvalue weighted by Crippen LogP contribution is 2.07. The minimum atomic E-state index is -0.755. The molecule has 0 atom stereocenters. The SMILES string of the molecule is CCCCC(=O)OC1OCCO1. The van der Waals surface area contributed by atoms with Gasteiger partial charge in [0.25, 0.3) is 0 Å². The molecule has 1 heterocycles. The maximum Gasteiger partial charge on any atom is 0.318 e. The first-order chi connectivity index (χ1) is 5.83. The summed E-state index contributed by atoms with van der Waals surface area (Å²) in [6.07, 6.45) is 2.28. The standard InChI is InChI=1S/C8H14O4/c1-2-3-4-7(9)12-8-10-5-6-11-8/h8H,2-6H2,1H3. The van der Waals surface area contributed by atoms with Crippen molar-refractivity contribution in [2.45, 2.75) is 32.7 Å². The Hall–Kier alpha value is -0.610. The lowest BCUT2D eigenvalue weighted by Crippen LogP contribution is -2.18. The summed E-state index contributed by atoms with van der Waals surface area (Å²) < 4.78 is 14.7. The third kappa shape index (κ3) is 3.19. The van der Waals surface area contributed by atoms with E-state index < -0.39 is 6.48 Å². The van der Waals surface area contributed by atoms with E-state index in [1.807, 2.05) is 6.92 Å². The van der Waals surface area contributed by atoms with Gasteiger partial charge in [0.2, 0.25) is 0 Å². The van der Waals surface area contributed by atoms with Crippen molar-refractivity contribution in [2.24, 2.45) is 0 Å². The molecule has 0 aromatic rings. The van der Waals surface area contributed by atoms with Crippen LogP contribution in [0, 0.1) is 0 Å². The molecule has 0 radical (unpaired) electrons. The maximum absolute atomic E-state index is 11.0. The van der Waals surface area contributed by atoms with Crippen molar-refractivity contribution in [3.05, 3.63) is 0 Å². The number of rotatable bonds is 4. The van der Waals surface area contributed by atoms with E-state index in [1.54, 1.807) is 0 Å². The fraction of sp³-hybridized carbons (Fsp3) is 0.875. The molecule has 1 aliphatic heterocycles. The van der Waals surface area contributed by atoms with Gasteiger partial charge in [0.1, 0.15) is 0 Å². The molecule has 1 saturated heterocycles. The van der Waals surface area contributed by atoms with Crippen LogP contribution >= 0.6 is 0 Å². The van der Waals surface area contributed by atoms with Crippen LogP contribution in [0.2, 0.25) is 0 Å². The first kappa shape index (κ1) is 9.48. The molecule has 0 unspecified atom stereocenters. The number of ether oxygens (including phenoxy) is 3. The molecular weight excluding hydrogens is 160 g/mol. The highest BCUT2D eigenvalue weighted by atomic mass is 16.9. The molecule has 1 aliphatic rings. The Balaban J connectivity index is 2.08. The van der Waals surface area contributed by atoms with Gasteiger partial charge >= 0.3 is 12.4 Å². The van der Waals surface area contributed by atoms with Crippen LogP contribution in [-0.2, 0) is 19.0 Å². The van der Waals surface area contributed by atoms with Crippen LogP contribution in [0.5, 0.6) is 0 Å². The highest BCUT2D eigenvalue weighted by molar-refractivity contribution is 5.69. The topological polar surface area (TPSA) is 44.8 Å². The zero-order chi connectivity index (χ0) is 8.81. The Labute approximate surface area is 71.8 Å². The zero-order valence-corrected chi connectivity index (χ0v) is 7.25. The van der Waals surface area contributed by atoms with Crippen molar-refractivity contribution in [1.82, 2.24) is 0 Å². The molecule has 0 N–H and O–H groups in total. The molecule has 0 spiro atoms. The van der Waals surface area contributed by atoms with Gasteiger partial charge in [-0.3, -0.25) is 4.79 Å². The van der Waals surface area contributed by atoms with Crippen molar-refractivity contribution in [3.63, 3.8) is 0 Å². The Morgan fingerprint density at radius 3 is 2.75 bits per heavy atom. The lowest BCUT2D eigenvalue weighted by molar-refractivity contribution is -0.227. The average Bonchev–Trinajstić information content (AvgIpc) is 2.53. The Morgan fingerprint density at radius 1 is 1.50 bits per heavy atom. The smallest absolute Gasteiger partial charge is 0.318 e. The van der Waals surface area contributed by atoms with E-state index in [0.29, 0.717) is 19.6 Å². The van der Waals surface area contributed by atoms with Crippen molar-refractivity contribution in [3.8, 4) is 0 Å². The molecule has 0 aliphatic carbocycles. The summed E-state index contributed by atoms with van der Waals surface area (Å²) in [5.74, 6) is -0.247. The molecule has 1 rings (SSSR count). The average molecular weight is 174 g/mol. The van der Waals surface area contributed by atoms with Crippen LogP contribution in [0.4, 0.5) is 0 Å². The van der Waals surface area contributed by atoms with Crippen molar-refractivity contribution in [1.29, 1.82) is 0 Å². The molecule has 70 valence electrons. The van der Waals surface area contributed by atoms with E-state index in [1.165, 1.54) is 0 Å². The second-order valence-electron chi connectivity index (χ2n) is 2.62. The summed E-state index contributed by atoms with van der Waals surface area (Å²) in [4.78, 5) is 11.0. The predicted octanol–water partition coefficient (Wildman–Crippen LogP) is 1.05. The van der Waals surface area contributed by atoms with Crippen LogP contribution in [0.15, 0.2) is 0 Å². The molecule has 12 heavy (non-hydrogen) atoms. The van der Waals surface area contributed by atoms with Gasteiger partial charge in [-0.1, -0.05) is 13.3 Å². The van der Waals surface area contributed by atoms with Gasteiger partial charge in [-0.05, 0) is 6.42 Å². The molecule has 0 amide bonds. The molecule has 1 fully saturated rings. The summed E-state index contributed by atoms with van der Waals surface area (Å²) >= 11 is 0. The molecular formula is C8H14O4. The van der Waals surface area contributed by atoms with Crippen molar-refractivity contribution >= 4 is 5.97 Å². The second-order valence-corrected chi connectivity index (χ2v) is 2.62. The quantitative estimate of drug-likeness (QED) is 0.597. The van der Waals surface area contributed by atoms with E-state index in [2.05, 4.69) is 0 Å². The first-order valence-electron chi connectivity index (χ1n) is 4.25. The van der Waals surface area contributed by atoms with Crippen LogP contribution < -0.4 is 0 Å². The Bertz CT molecular complexity index is 140. The van der Waals surface area contributed by atoms with E-state index in [0.717, 1.165) is 12.8 Å². The second kappa shape index (κ2) is 5.11. The van der Waals surface area contributed by atoms with Gasteiger partial charge in [-0.15, -0.1) is 0 Å². The van der Waals surface area contributed by atoms with Crippen LogP contribution in [0.3, 0.4) is 0 Å². The van der Waals surface area contributed by atoms with Crippen LogP contribution in [0.25, 0.3) is 0 Å². The normalized spacial score (nSPS) is 18.1. The minimum absolute atomic E-state index is 0.247. The number of hydrogen-bond acceptors (Lipinski definition) is 4. The summed E-state index contributed by atoms with van der Waals surface area (Å²) in [6, 6.07) is 0. The highest BCUT2D eigenvalue weighted by Gasteiger charge is 2.19. The summed E-state index contributed by atoms with van der Waals surface area (Å²) in [5, 5.41) is 0. The summed E-state index contributed by atoms with van der Waals surface area (Å²) in [5.41, 5.74) is 0. The largest absolute Gasteiger partial charge is 0.410 e. The van der Waals surface area contributed by atoms with Crippen LogP contribution in [0.1, 0.15) is 26.2 Å². The third-order valence-corrected chi connectivity index (χ3v) is 1.55. The van der Waals surface area contributed by atoms with Gasteiger partial charge in [0.15, 0.2) is 0 Å². The van der Waals surface area contributed by atoms with Gasteiger partial charge in [-0.25, -0.2) is 0 Å². The Kier molecular flexibility index (Phi) is 4.04. The fourth-order valence-corrected chi connectivity index (χ4v) is 0.892. The zero-order valence-electron chi connectivity index (χ0n) is 7.25. The molecule has 4 nitrogen and oxygen atoms in total. The van der Waals surface area contributed by atoms with Gasteiger partial charge in [0.05, 0.1) is 13.2 Å². The van der Waals surface area contributed by atoms with Crippen molar-refractivity contribution in [2.75, 3.05) is 13.2 Å². The van der Waals surface area contributed by atoms with Gasteiger partial charge in [-0.2, -0.15) is 0 Å². The number of esters is 1.